The summed E-state index contributed by atoms with van der Waals surface area (Å²) in [7, 11) is 0. The van der Waals surface area contributed by atoms with Gasteiger partial charge in [-0.25, -0.2) is 4.79 Å². The minimum atomic E-state index is -0.352. The van der Waals surface area contributed by atoms with Crippen molar-refractivity contribution in [1.29, 1.82) is 0 Å². The Morgan fingerprint density at radius 2 is 2.27 bits per heavy atom. The van der Waals surface area contributed by atoms with Crippen molar-refractivity contribution in [3.63, 3.8) is 0 Å². The van der Waals surface area contributed by atoms with Gasteiger partial charge in [-0.2, -0.15) is 0 Å². The Kier molecular flexibility index (Phi) is 2.38. The van der Waals surface area contributed by atoms with Gasteiger partial charge >= 0.3 is 6.03 Å². The predicted molar refractivity (Wildman–Crippen MR) is 43.2 cm³/mol. The van der Waals surface area contributed by atoms with Crippen molar-refractivity contribution in [2.45, 2.75) is 13.0 Å². The average molecular weight is 174 g/mol. The third kappa shape index (κ3) is 1.48. The molecule has 0 bridgehead atoms. The van der Waals surface area contributed by atoms with Crippen molar-refractivity contribution in [3.8, 4) is 0 Å². The number of carbonyl (C=O) groups is 2. The van der Waals surface area contributed by atoms with E-state index in [4.69, 9.17) is 0 Å². The fourth-order valence-electron chi connectivity index (χ4n) is 0.910. The maximum Gasteiger partial charge on any atom is 0.325 e. The van der Waals surface area contributed by atoms with Crippen molar-refractivity contribution in [2.75, 3.05) is 12.1 Å². The molecule has 1 atom stereocenters. The SMILES string of the molecule is CSCN1C(=O)NC(C)C1=O. The number of rotatable bonds is 2. The number of hydrogen-bond acceptors (Lipinski definition) is 3. The molecule has 1 unspecified atom stereocenters. The summed E-state index contributed by atoms with van der Waals surface area (Å²) in [6, 6.07) is -0.633. The molecule has 0 saturated carbocycles. The molecular formula is C6H10N2O2S. The van der Waals surface area contributed by atoms with Gasteiger partial charge in [0, 0.05) is 0 Å². The van der Waals surface area contributed by atoms with Gasteiger partial charge in [-0.3, -0.25) is 9.69 Å². The number of imide groups is 1. The summed E-state index contributed by atoms with van der Waals surface area (Å²) in [6.45, 7) is 1.68. The molecule has 0 aromatic rings. The number of thioether (sulfide) groups is 1. The molecule has 1 N–H and O–H groups in total. The smallest absolute Gasteiger partial charge is 0.325 e. The highest BCUT2D eigenvalue weighted by molar-refractivity contribution is 7.98. The molecule has 4 nitrogen and oxygen atoms in total. The maximum absolute atomic E-state index is 11.1. The lowest BCUT2D eigenvalue weighted by Gasteiger charge is -2.08. The van der Waals surface area contributed by atoms with E-state index in [0.717, 1.165) is 0 Å². The Morgan fingerprint density at radius 3 is 2.64 bits per heavy atom. The minimum absolute atomic E-state index is 0.135. The molecule has 0 aromatic carbocycles. The Balaban J connectivity index is 2.64. The number of nitrogens with zero attached hydrogens (tertiary/aromatic N) is 1. The summed E-state index contributed by atoms with van der Waals surface area (Å²) >= 11 is 1.45. The molecule has 1 heterocycles. The molecule has 11 heavy (non-hydrogen) atoms. The summed E-state index contributed by atoms with van der Waals surface area (Å²) in [5.74, 6) is 0.305. The van der Waals surface area contributed by atoms with Crippen molar-refractivity contribution in [2.24, 2.45) is 0 Å². The molecule has 1 rings (SSSR count). The number of hydrogen-bond donors (Lipinski definition) is 1. The fraction of sp³-hybridized carbons (Fsp3) is 0.667. The van der Waals surface area contributed by atoms with Gasteiger partial charge in [0.25, 0.3) is 5.91 Å². The van der Waals surface area contributed by atoms with Crippen molar-refractivity contribution >= 4 is 23.7 Å². The summed E-state index contributed by atoms with van der Waals surface area (Å²) in [6.07, 6.45) is 1.85. The third-order valence-corrected chi connectivity index (χ3v) is 2.00. The van der Waals surface area contributed by atoms with E-state index in [1.54, 1.807) is 6.92 Å². The van der Waals surface area contributed by atoms with Crippen molar-refractivity contribution < 1.29 is 9.59 Å². The van der Waals surface area contributed by atoms with Crippen LogP contribution in [0.25, 0.3) is 0 Å². The van der Waals surface area contributed by atoms with E-state index >= 15 is 0 Å². The van der Waals surface area contributed by atoms with Gasteiger partial charge in [-0.1, -0.05) is 0 Å². The van der Waals surface area contributed by atoms with Crippen LogP contribution in [0.4, 0.5) is 4.79 Å². The zero-order valence-electron chi connectivity index (χ0n) is 6.46. The molecule has 0 aliphatic carbocycles. The first-order valence-electron chi connectivity index (χ1n) is 3.27. The molecule has 62 valence electrons. The Bertz CT molecular complexity index is 195. The highest BCUT2D eigenvalue weighted by atomic mass is 32.2. The highest BCUT2D eigenvalue weighted by Gasteiger charge is 2.34. The first-order chi connectivity index (χ1) is 5.16. The number of nitrogens with one attached hydrogen (secondary N) is 1. The van der Waals surface area contributed by atoms with E-state index in [1.165, 1.54) is 16.7 Å². The molecule has 1 aliphatic rings. The van der Waals surface area contributed by atoms with Crippen molar-refractivity contribution in [1.82, 2.24) is 10.2 Å². The van der Waals surface area contributed by atoms with Gasteiger partial charge in [0.05, 0.1) is 5.88 Å². The lowest BCUT2D eigenvalue weighted by Crippen LogP contribution is -2.30. The van der Waals surface area contributed by atoms with Crippen LogP contribution in [0.5, 0.6) is 0 Å². The highest BCUT2D eigenvalue weighted by Crippen LogP contribution is 2.08. The van der Waals surface area contributed by atoms with E-state index in [2.05, 4.69) is 5.32 Å². The zero-order chi connectivity index (χ0) is 8.43. The molecule has 1 saturated heterocycles. The summed E-state index contributed by atoms with van der Waals surface area (Å²) in [5, 5.41) is 2.53. The lowest BCUT2D eigenvalue weighted by atomic mass is 10.3. The molecule has 3 amide bonds. The van der Waals surface area contributed by atoms with Crippen LogP contribution in [0.2, 0.25) is 0 Å². The normalized spacial score (nSPS) is 24.2. The second-order valence-corrected chi connectivity index (χ2v) is 3.19. The van der Waals surface area contributed by atoms with Crippen LogP contribution in [0.1, 0.15) is 6.92 Å². The number of urea groups is 1. The summed E-state index contributed by atoms with van der Waals surface area (Å²) in [5.41, 5.74) is 0. The van der Waals surface area contributed by atoms with Crippen LogP contribution in [0.15, 0.2) is 0 Å². The van der Waals surface area contributed by atoms with Crippen LogP contribution in [0, 0.1) is 0 Å². The second-order valence-electron chi connectivity index (χ2n) is 2.36. The van der Waals surface area contributed by atoms with Gasteiger partial charge in [0.2, 0.25) is 0 Å². The standard InChI is InChI=1S/C6H10N2O2S/c1-4-5(9)8(3-11-2)6(10)7-4/h4H,3H2,1-2H3,(H,7,10). The monoisotopic (exact) mass is 174 g/mol. The summed E-state index contributed by atoms with van der Waals surface area (Å²) in [4.78, 5) is 23.3. The molecule has 0 spiro atoms. The quantitative estimate of drug-likeness (QED) is 0.610. The number of carbonyl (C=O) groups excluding carboxylic acids is 2. The van der Waals surface area contributed by atoms with Crippen LogP contribution >= 0.6 is 11.8 Å². The van der Waals surface area contributed by atoms with E-state index in [0.29, 0.717) is 5.88 Å². The maximum atomic E-state index is 11.1. The summed E-state index contributed by atoms with van der Waals surface area (Å²) < 4.78 is 0. The van der Waals surface area contributed by atoms with Gasteiger partial charge in [-0.15, -0.1) is 11.8 Å². The first-order valence-corrected chi connectivity index (χ1v) is 4.67. The van der Waals surface area contributed by atoms with Gasteiger partial charge < -0.3 is 5.32 Å². The molecule has 0 radical (unpaired) electrons. The van der Waals surface area contributed by atoms with Gasteiger partial charge in [-0.05, 0) is 13.2 Å². The fourth-order valence-corrected chi connectivity index (χ4v) is 1.41. The van der Waals surface area contributed by atoms with Crippen molar-refractivity contribution in [3.05, 3.63) is 0 Å². The van der Waals surface area contributed by atoms with E-state index < -0.39 is 0 Å². The molecule has 0 aromatic heterocycles. The Hall–Kier alpha value is -0.710. The van der Waals surface area contributed by atoms with Gasteiger partial charge in [0.15, 0.2) is 0 Å². The zero-order valence-corrected chi connectivity index (χ0v) is 7.27. The average Bonchev–Trinajstić information content (AvgIpc) is 2.17. The van der Waals surface area contributed by atoms with Crippen LogP contribution in [0.3, 0.4) is 0 Å². The predicted octanol–water partition coefficient (Wildman–Crippen LogP) is 0.247. The Morgan fingerprint density at radius 1 is 1.64 bits per heavy atom. The lowest BCUT2D eigenvalue weighted by molar-refractivity contribution is -0.126. The first kappa shape index (κ1) is 8.39. The minimum Gasteiger partial charge on any atom is -0.326 e. The van der Waals surface area contributed by atoms with Crippen LogP contribution in [-0.4, -0.2) is 35.0 Å². The topological polar surface area (TPSA) is 49.4 Å². The van der Waals surface area contributed by atoms with Gasteiger partial charge in [0.1, 0.15) is 6.04 Å². The second kappa shape index (κ2) is 3.13. The molecule has 5 heteroatoms. The van der Waals surface area contributed by atoms with E-state index in [9.17, 15) is 9.59 Å². The van der Waals surface area contributed by atoms with Crippen LogP contribution in [-0.2, 0) is 4.79 Å². The van der Waals surface area contributed by atoms with E-state index in [-0.39, 0.29) is 18.0 Å². The van der Waals surface area contributed by atoms with E-state index in [1.807, 2.05) is 6.26 Å². The Labute approximate surface area is 69.3 Å². The molecular weight excluding hydrogens is 164 g/mol. The molecule has 1 fully saturated rings. The third-order valence-electron chi connectivity index (χ3n) is 1.48. The number of amides is 3. The van der Waals surface area contributed by atoms with Crippen LogP contribution < -0.4 is 5.32 Å². The molecule has 1 aliphatic heterocycles. The largest absolute Gasteiger partial charge is 0.326 e.